The van der Waals surface area contributed by atoms with Crippen LogP contribution in [0.4, 0.5) is 13.2 Å². The molecule has 2 atom stereocenters. The van der Waals surface area contributed by atoms with E-state index < -0.39 is 30.0 Å². The molecule has 0 aromatic heterocycles. The van der Waals surface area contributed by atoms with Gasteiger partial charge in [0.2, 0.25) is 18.6 Å². The smallest absolute Gasteiger partial charge is 0.404 e. The minimum Gasteiger partial charge on any atom is -0.454 e. The molecule has 1 aromatic rings. The van der Waals surface area contributed by atoms with E-state index in [9.17, 15) is 22.8 Å². The molecule has 142 valence electrons. The van der Waals surface area contributed by atoms with Crippen molar-refractivity contribution in [2.45, 2.75) is 30.7 Å². The van der Waals surface area contributed by atoms with Gasteiger partial charge in [-0.1, -0.05) is 6.07 Å². The number of hydrogen-bond donors (Lipinski definition) is 3. The average Bonchev–Trinajstić information content (AvgIpc) is 3.04. The van der Waals surface area contributed by atoms with Crippen LogP contribution in [0, 0.1) is 0 Å². The maximum Gasteiger partial charge on any atom is 0.404 e. The highest BCUT2D eigenvalue weighted by molar-refractivity contribution is 8.00. The van der Waals surface area contributed by atoms with Crippen molar-refractivity contribution in [3.63, 3.8) is 0 Å². The number of benzene rings is 1. The first-order chi connectivity index (χ1) is 12.3. The molecule has 0 bridgehead atoms. The third kappa shape index (κ3) is 4.73. The van der Waals surface area contributed by atoms with E-state index in [1.165, 1.54) is 0 Å². The number of carbonyl (C=O) groups is 2. The zero-order chi connectivity index (χ0) is 18.7. The SMILES string of the molecule is O=C(CSC1NC(=O)CC(C(F)(F)F)N1)NCc1ccc2c(c1)OCO2. The van der Waals surface area contributed by atoms with E-state index in [4.69, 9.17) is 9.47 Å². The standard InChI is InChI=1S/C15H16F3N3O4S/c16-15(17,18)11-4-12(22)21-14(20-11)26-6-13(23)19-5-8-1-2-9-10(3-8)25-7-24-9/h1-3,11,14,20H,4-7H2,(H,19,23)(H,21,22). The van der Waals surface area contributed by atoms with Gasteiger partial charge in [0.1, 0.15) is 11.5 Å². The third-order valence-electron chi connectivity index (χ3n) is 3.74. The lowest BCUT2D eigenvalue weighted by atomic mass is 10.1. The molecule has 11 heteroatoms. The third-order valence-corrected chi connectivity index (χ3v) is 4.75. The van der Waals surface area contributed by atoms with E-state index in [1.54, 1.807) is 18.2 Å². The molecule has 2 aliphatic rings. The predicted molar refractivity (Wildman–Crippen MR) is 86.4 cm³/mol. The Morgan fingerprint density at radius 1 is 1.31 bits per heavy atom. The lowest BCUT2D eigenvalue weighted by Crippen LogP contribution is -2.59. The maximum atomic E-state index is 12.7. The molecule has 1 saturated heterocycles. The van der Waals surface area contributed by atoms with Crippen molar-refractivity contribution in [1.82, 2.24) is 16.0 Å². The highest BCUT2D eigenvalue weighted by atomic mass is 32.2. The molecule has 7 nitrogen and oxygen atoms in total. The minimum absolute atomic E-state index is 0.104. The highest BCUT2D eigenvalue weighted by Crippen LogP contribution is 2.32. The van der Waals surface area contributed by atoms with Crippen molar-refractivity contribution < 1.29 is 32.2 Å². The van der Waals surface area contributed by atoms with E-state index in [2.05, 4.69) is 16.0 Å². The molecule has 3 N–H and O–H groups in total. The number of ether oxygens (including phenoxy) is 2. The fourth-order valence-electron chi connectivity index (χ4n) is 2.44. The van der Waals surface area contributed by atoms with Crippen molar-refractivity contribution in [2.24, 2.45) is 0 Å². The van der Waals surface area contributed by atoms with Gasteiger partial charge in [0.15, 0.2) is 11.5 Å². The average molecular weight is 391 g/mol. The van der Waals surface area contributed by atoms with Gasteiger partial charge in [-0.25, -0.2) is 0 Å². The summed E-state index contributed by atoms with van der Waals surface area (Å²) in [6.07, 6.45) is -5.19. The van der Waals surface area contributed by atoms with Crippen molar-refractivity contribution in [2.75, 3.05) is 12.5 Å². The Morgan fingerprint density at radius 3 is 2.85 bits per heavy atom. The first kappa shape index (κ1) is 18.6. The maximum absolute atomic E-state index is 12.7. The predicted octanol–water partition coefficient (Wildman–Crippen LogP) is 1.09. The monoisotopic (exact) mass is 391 g/mol. The lowest BCUT2D eigenvalue weighted by molar-refractivity contribution is -0.167. The molecule has 0 spiro atoms. The van der Waals surface area contributed by atoms with Gasteiger partial charge in [-0.2, -0.15) is 13.2 Å². The number of thioether (sulfide) groups is 1. The number of halogens is 3. The number of rotatable bonds is 5. The molecule has 0 saturated carbocycles. The number of nitrogens with one attached hydrogen (secondary N) is 3. The Kier molecular flexibility index (Phi) is 5.47. The first-order valence-electron chi connectivity index (χ1n) is 7.70. The second kappa shape index (κ2) is 7.62. The summed E-state index contributed by atoms with van der Waals surface area (Å²) in [4.78, 5) is 23.3. The quantitative estimate of drug-likeness (QED) is 0.697. The summed E-state index contributed by atoms with van der Waals surface area (Å²) >= 11 is 0.885. The number of carbonyl (C=O) groups excluding carboxylic acids is 2. The second-order valence-electron chi connectivity index (χ2n) is 5.69. The van der Waals surface area contributed by atoms with E-state index in [1.807, 2.05) is 0 Å². The van der Waals surface area contributed by atoms with Crippen LogP contribution in [0.2, 0.25) is 0 Å². The molecule has 2 heterocycles. The molecule has 0 radical (unpaired) electrons. The molecule has 1 fully saturated rings. The zero-order valence-corrected chi connectivity index (χ0v) is 14.2. The highest BCUT2D eigenvalue weighted by Gasteiger charge is 2.44. The molecule has 2 amide bonds. The fraction of sp³-hybridized carbons (Fsp3) is 0.467. The number of alkyl halides is 3. The van der Waals surface area contributed by atoms with Gasteiger partial charge in [-0.3, -0.25) is 14.9 Å². The van der Waals surface area contributed by atoms with Crippen molar-refractivity contribution in [3.05, 3.63) is 23.8 Å². The Hall–Kier alpha value is -2.14. The Morgan fingerprint density at radius 2 is 2.08 bits per heavy atom. The Bertz CT molecular complexity index is 701. The van der Waals surface area contributed by atoms with Crippen LogP contribution in [0.1, 0.15) is 12.0 Å². The van der Waals surface area contributed by atoms with E-state index in [-0.39, 0.29) is 25.0 Å². The zero-order valence-electron chi connectivity index (χ0n) is 13.4. The van der Waals surface area contributed by atoms with Gasteiger partial charge in [0.05, 0.1) is 12.2 Å². The lowest BCUT2D eigenvalue weighted by Gasteiger charge is -2.32. The molecule has 1 aromatic carbocycles. The van der Waals surface area contributed by atoms with Gasteiger partial charge in [-0.15, -0.1) is 11.8 Å². The van der Waals surface area contributed by atoms with Crippen LogP contribution in [-0.4, -0.2) is 42.1 Å². The normalized spacial score (nSPS) is 22.0. The Labute approximate surface area is 151 Å². The van der Waals surface area contributed by atoms with Crippen molar-refractivity contribution in [3.8, 4) is 11.5 Å². The molecule has 2 aliphatic heterocycles. The number of fused-ring (bicyclic) bond motifs is 1. The summed E-state index contributed by atoms with van der Waals surface area (Å²) < 4.78 is 48.7. The summed E-state index contributed by atoms with van der Waals surface area (Å²) in [7, 11) is 0. The van der Waals surface area contributed by atoms with Crippen molar-refractivity contribution >= 4 is 23.6 Å². The summed E-state index contributed by atoms with van der Waals surface area (Å²) in [5.41, 5.74) is -0.173. The molecule has 0 aliphatic carbocycles. The second-order valence-corrected chi connectivity index (χ2v) is 6.78. The molecular weight excluding hydrogens is 375 g/mol. The van der Waals surface area contributed by atoms with Crippen LogP contribution in [0.5, 0.6) is 11.5 Å². The largest absolute Gasteiger partial charge is 0.454 e. The summed E-state index contributed by atoms with van der Waals surface area (Å²) in [6, 6.07) is 3.34. The number of amides is 2. The molecule has 2 unspecified atom stereocenters. The van der Waals surface area contributed by atoms with Crippen LogP contribution >= 0.6 is 11.8 Å². The van der Waals surface area contributed by atoms with Gasteiger partial charge in [0, 0.05) is 6.54 Å². The first-order valence-corrected chi connectivity index (χ1v) is 8.75. The van der Waals surface area contributed by atoms with Gasteiger partial charge in [-0.05, 0) is 17.7 Å². The van der Waals surface area contributed by atoms with Crippen molar-refractivity contribution in [1.29, 1.82) is 0 Å². The Balaban J connectivity index is 1.44. The van der Waals surface area contributed by atoms with Gasteiger partial charge < -0.3 is 20.1 Å². The van der Waals surface area contributed by atoms with Gasteiger partial charge in [0.25, 0.3) is 0 Å². The minimum atomic E-state index is -4.52. The van der Waals surface area contributed by atoms with Crippen LogP contribution < -0.4 is 25.4 Å². The topological polar surface area (TPSA) is 88.7 Å². The molecule has 26 heavy (non-hydrogen) atoms. The fourth-order valence-corrected chi connectivity index (χ4v) is 3.33. The molecular formula is C15H16F3N3O4S. The summed E-state index contributed by atoms with van der Waals surface area (Å²) in [5.74, 6) is 0.0576. The summed E-state index contributed by atoms with van der Waals surface area (Å²) in [6.45, 7) is 0.395. The number of hydrogen-bond acceptors (Lipinski definition) is 6. The van der Waals surface area contributed by atoms with Crippen LogP contribution in [0.15, 0.2) is 18.2 Å². The van der Waals surface area contributed by atoms with Gasteiger partial charge >= 0.3 is 6.18 Å². The molecule has 3 rings (SSSR count). The summed E-state index contributed by atoms with van der Waals surface area (Å²) in [5, 5.41) is 7.32. The van der Waals surface area contributed by atoms with E-state index >= 15 is 0 Å². The van der Waals surface area contributed by atoms with Crippen LogP contribution in [0.25, 0.3) is 0 Å². The van der Waals surface area contributed by atoms with Crippen LogP contribution in [0.3, 0.4) is 0 Å². The van der Waals surface area contributed by atoms with E-state index in [0.29, 0.717) is 11.5 Å². The van der Waals surface area contributed by atoms with E-state index in [0.717, 1.165) is 17.3 Å². The van der Waals surface area contributed by atoms with Crippen LogP contribution in [-0.2, 0) is 16.1 Å².